The lowest BCUT2D eigenvalue weighted by Gasteiger charge is -2.26. The van der Waals surface area contributed by atoms with Crippen molar-refractivity contribution >= 4 is 62.3 Å². The van der Waals surface area contributed by atoms with Crippen molar-refractivity contribution in [3.05, 3.63) is 44.1 Å². The summed E-state index contributed by atoms with van der Waals surface area (Å²) in [4.78, 5) is 46.4. The Morgan fingerprint density at radius 3 is 2.66 bits per heavy atom. The van der Waals surface area contributed by atoms with Crippen molar-refractivity contribution in [1.29, 1.82) is 0 Å². The first kappa shape index (κ1) is 24.3. The molecule has 1 aromatic carbocycles. The number of H-pyrrole nitrogens is 1. The van der Waals surface area contributed by atoms with Crippen molar-refractivity contribution in [2.45, 2.75) is 38.6 Å². The maximum absolute atomic E-state index is 13.2. The van der Waals surface area contributed by atoms with Crippen LogP contribution >= 0.6 is 34.7 Å². The summed E-state index contributed by atoms with van der Waals surface area (Å²) >= 11 is 8.79. The van der Waals surface area contributed by atoms with Crippen LogP contribution in [0.25, 0.3) is 10.2 Å². The molecule has 0 unspecified atom stereocenters. The second kappa shape index (κ2) is 10.1. The van der Waals surface area contributed by atoms with Crippen LogP contribution < -0.4 is 21.9 Å². The molecule has 1 amide bonds. The molecule has 2 heterocycles. The molecule has 0 aliphatic heterocycles. The van der Waals surface area contributed by atoms with Crippen LogP contribution in [0.5, 0.6) is 0 Å². The van der Waals surface area contributed by atoms with Gasteiger partial charge in [-0.25, -0.2) is 9.78 Å². The number of halogens is 1. The van der Waals surface area contributed by atoms with E-state index in [1.807, 2.05) is 33.8 Å². The third-order valence-corrected chi connectivity index (χ3v) is 6.93. The Morgan fingerprint density at radius 1 is 1.28 bits per heavy atom. The number of anilines is 2. The molecule has 172 valence electrons. The number of nitrogens with one attached hydrogen (secondary N) is 1. The third-order valence-electron chi connectivity index (χ3n) is 4.53. The fourth-order valence-electron chi connectivity index (χ4n) is 3.21. The van der Waals surface area contributed by atoms with E-state index in [1.165, 1.54) is 32.6 Å². The molecule has 2 aromatic heterocycles. The number of rotatable bonds is 8. The van der Waals surface area contributed by atoms with Gasteiger partial charge >= 0.3 is 5.69 Å². The first-order chi connectivity index (χ1) is 15.1. The zero-order chi connectivity index (χ0) is 23.6. The zero-order valence-electron chi connectivity index (χ0n) is 18.3. The summed E-state index contributed by atoms with van der Waals surface area (Å²) in [6, 6.07) is 5.47. The van der Waals surface area contributed by atoms with E-state index in [4.69, 9.17) is 17.3 Å². The molecule has 8 nitrogen and oxygen atoms in total. The molecule has 0 bridgehead atoms. The molecule has 0 saturated heterocycles. The highest BCUT2D eigenvalue weighted by Gasteiger charge is 2.25. The molecule has 0 aliphatic rings. The summed E-state index contributed by atoms with van der Waals surface area (Å²) in [6.45, 7) is 8.40. The van der Waals surface area contributed by atoms with Crippen LogP contribution in [-0.4, -0.2) is 32.7 Å². The quantitative estimate of drug-likeness (QED) is 0.459. The van der Waals surface area contributed by atoms with E-state index in [2.05, 4.69) is 9.97 Å². The monoisotopic (exact) mass is 495 g/mol. The van der Waals surface area contributed by atoms with Gasteiger partial charge in [0.2, 0.25) is 5.91 Å². The van der Waals surface area contributed by atoms with Crippen LogP contribution in [0.3, 0.4) is 0 Å². The average molecular weight is 496 g/mol. The maximum atomic E-state index is 13.2. The molecule has 0 radical (unpaired) electrons. The van der Waals surface area contributed by atoms with Gasteiger partial charge in [-0.1, -0.05) is 51.1 Å². The number of thiazole rings is 1. The summed E-state index contributed by atoms with van der Waals surface area (Å²) in [5, 5.41) is 0.602. The highest BCUT2D eigenvalue weighted by Crippen LogP contribution is 2.31. The van der Waals surface area contributed by atoms with Gasteiger partial charge < -0.3 is 10.6 Å². The number of fused-ring (bicyclic) bond motifs is 1. The minimum absolute atomic E-state index is 0.000999. The molecule has 0 saturated carbocycles. The first-order valence-corrected chi connectivity index (χ1v) is 12.4. The van der Waals surface area contributed by atoms with E-state index in [0.717, 1.165) is 14.6 Å². The topological polar surface area (TPSA) is 114 Å². The molecule has 0 aliphatic carbocycles. The fourth-order valence-corrected chi connectivity index (χ4v) is 5.30. The second-order valence-electron chi connectivity index (χ2n) is 8.28. The summed E-state index contributed by atoms with van der Waals surface area (Å²) in [5.41, 5.74) is 5.79. The number of nitrogen functional groups attached to an aromatic ring is 1. The smallest absolute Gasteiger partial charge is 0.330 e. The van der Waals surface area contributed by atoms with Crippen LogP contribution in [0.1, 0.15) is 27.7 Å². The molecule has 3 rings (SSSR count). The number of amides is 1. The van der Waals surface area contributed by atoms with Gasteiger partial charge in [0.05, 0.1) is 16.0 Å². The predicted octanol–water partition coefficient (Wildman–Crippen LogP) is 3.82. The van der Waals surface area contributed by atoms with Gasteiger partial charge in [-0.15, -0.1) is 11.3 Å². The summed E-state index contributed by atoms with van der Waals surface area (Å²) in [7, 11) is 0. The van der Waals surface area contributed by atoms with Crippen molar-refractivity contribution < 1.29 is 4.79 Å². The fraction of sp³-hybridized carbons (Fsp3) is 0.429. The molecular weight excluding hydrogens is 470 g/mol. The summed E-state index contributed by atoms with van der Waals surface area (Å²) < 4.78 is 3.02. The van der Waals surface area contributed by atoms with E-state index in [0.29, 0.717) is 18.1 Å². The molecular formula is C21H26ClN5O3S2. The third kappa shape index (κ3) is 5.54. The van der Waals surface area contributed by atoms with E-state index in [-0.39, 0.29) is 35.0 Å². The molecule has 11 heteroatoms. The van der Waals surface area contributed by atoms with E-state index in [1.54, 1.807) is 12.1 Å². The van der Waals surface area contributed by atoms with Crippen LogP contribution in [-0.2, 0) is 11.3 Å². The molecule has 0 atom stereocenters. The number of aromatic amines is 1. The van der Waals surface area contributed by atoms with Crippen LogP contribution in [0.4, 0.5) is 11.5 Å². The van der Waals surface area contributed by atoms with Crippen molar-refractivity contribution in [1.82, 2.24) is 14.5 Å². The minimum Gasteiger partial charge on any atom is -0.383 e. The second-order valence-corrected chi connectivity index (χ2v) is 11.0. The van der Waals surface area contributed by atoms with Gasteiger partial charge in [0, 0.05) is 18.1 Å². The number of hydrogen-bond acceptors (Lipinski definition) is 7. The van der Waals surface area contributed by atoms with Crippen molar-refractivity contribution in [3.63, 3.8) is 0 Å². The van der Waals surface area contributed by atoms with Gasteiger partial charge in [-0.3, -0.25) is 19.1 Å². The standard InChI is InChI=1S/C21H26ClN5O3S2/c1-11(2)8-26(17-18(23)27(9-12(3)4)20(30)25-19(17)29)16(28)10-31-21-24-14-7-13(22)5-6-15(14)32-21/h5-7,11-12H,8-10,23H2,1-4H3,(H,25,29,30). The van der Waals surface area contributed by atoms with Crippen molar-refractivity contribution in [2.24, 2.45) is 11.8 Å². The number of aromatic nitrogens is 3. The number of carbonyl (C=O) groups is 1. The van der Waals surface area contributed by atoms with E-state index >= 15 is 0 Å². The van der Waals surface area contributed by atoms with Crippen LogP contribution in [0, 0.1) is 11.8 Å². The first-order valence-electron chi connectivity index (χ1n) is 10.2. The highest BCUT2D eigenvalue weighted by molar-refractivity contribution is 8.01. The lowest BCUT2D eigenvalue weighted by molar-refractivity contribution is -0.116. The number of carbonyl (C=O) groups excluding carboxylic acids is 1. The summed E-state index contributed by atoms with van der Waals surface area (Å²) in [6.07, 6.45) is 0. The van der Waals surface area contributed by atoms with E-state index < -0.39 is 11.2 Å². The Balaban J connectivity index is 1.91. The number of benzene rings is 1. The Morgan fingerprint density at radius 2 is 2.00 bits per heavy atom. The van der Waals surface area contributed by atoms with Gasteiger partial charge in [0.15, 0.2) is 10.0 Å². The SMILES string of the molecule is CC(C)CN(C(=O)CSc1nc2cc(Cl)ccc2s1)c1c(N)n(CC(C)C)c(=O)[nH]c1=O. The molecule has 0 spiro atoms. The number of nitrogens with zero attached hydrogens (tertiary/aromatic N) is 3. The van der Waals surface area contributed by atoms with Gasteiger partial charge in [-0.05, 0) is 30.0 Å². The number of nitrogens with two attached hydrogens (primary N) is 1. The molecule has 3 N–H and O–H groups in total. The van der Waals surface area contributed by atoms with Gasteiger partial charge in [0.25, 0.3) is 5.56 Å². The Bertz CT molecular complexity index is 1250. The predicted molar refractivity (Wildman–Crippen MR) is 133 cm³/mol. The zero-order valence-corrected chi connectivity index (χ0v) is 20.7. The van der Waals surface area contributed by atoms with Crippen LogP contribution in [0.15, 0.2) is 32.1 Å². The molecule has 3 aromatic rings. The average Bonchev–Trinajstić information content (AvgIpc) is 3.10. The Kier molecular flexibility index (Phi) is 7.68. The normalized spacial score (nSPS) is 11.6. The minimum atomic E-state index is -0.666. The highest BCUT2D eigenvalue weighted by atomic mass is 35.5. The maximum Gasteiger partial charge on any atom is 0.330 e. The summed E-state index contributed by atoms with van der Waals surface area (Å²) in [5.74, 6) is 0.000524. The van der Waals surface area contributed by atoms with E-state index in [9.17, 15) is 14.4 Å². The lowest BCUT2D eigenvalue weighted by atomic mass is 10.2. The molecule has 32 heavy (non-hydrogen) atoms. The number of thioether (sulfide) groups is 1. The van der Waals surface area contributed by atoms with Gasteiger partial charge in [-0.2, -0.15) is 0 Å². The Hall–Kier alpha value is -2.30. The van der Waals surface area contributed by atoms with Crippen LogP contribution in [0.2, 0.25) is 5.02 Å². The Labute approximate surface area is 198 Å². The number of hydrogen-bond donors (Lipinski definition) is 2. The van der Waals surface area contributed by atoms with Gasteiger partial charge in [0.1, 0.15) is 5.82 Å². The van der Waals surface area contributed by atoms with Crippen molar-refractivity contribution in [3.8, 4) is 0 Å². The largest absolute Gasteiger partial charge is 0.383 e. The lowest BCUT2D eigenvalue weighted by Crippen LogP contribution is -2.43. The van der Waals surface area contributed by atoms with Crippen molar-refractivity contribution in [2.75, 3.05) is 22.9 Å². The molecule has 0 fully saturated rings.